The van der Waals surface area contributed by atoms with Gasteiger partial charge in [0.1, 0.15) is 12.4 Å². The van der Waals surface area contributed by atoms with Crippen LogP contribution in [0.1, 0.15) is 47.1 Å². The van der Waals surface area contributed by atoms with Gasteiger partial charge in [0.25, 0.3) is 11.8 Å². The summed E-state index contributed by atoms with van der Waals surface area (Å²) in [7, 11) is 0. The topological polar surface area (TPSA) is 98.4 Å². The molecule has 0 atom stereocenters. The number of ether oxygens (including phenoxy) is 1. The number of carbonyl (C=O) groups excluding carboxylic acids is 2. The van der Waals surface area contributed by atoms with Crippen molar-refractivity contribution in [1.29, 1.82) is 0 Å². The van der Waals surface area contributed by atoms with Gasteiger partial charge in [0.05, 0.1) is 15.7 Å². The molecule has 0 aliphatic carbocycles. The van der Waals surface area contributed by atoms with E-state index in [9.17, 15) is 9.59 Å². The van der Waals surface area contributed by atoms with Gasteiger partial charge >= 0.3 is 0 Å². The van der Waals surface area contributed by atoms with Crippen LogP contribution in [0.5, 0.6) is 5.75 Å². The second kappa shape index (κ2) is 10.8. The summed E-state index contributed by atoms with van der Waals surface area (Å²) in [6, 6.07) is 6.11. The molecular formula is C21H21Cl3N4O4. The molecule has 32 heavy (non-hydrogen) atoms. The third kappa shape index (κ3) is 5.76. The largest absolute Gasteiger partial charge is 0.483 e. The molecule has 2 aromatic heterocycles. The molecule has 1 aromatic carbocycles. The van der Waals surface area contributed by atoms with Gasteiger partial charge in [0.15, 0.2) is 17.2 Å². The van der Waals surface area contributed by atoms with Crippen molar-refractivity contribution in [1.82, 2.24) is 15.1 Å². The van der Waals surface area contributed by atoms with Crippen molar-refractivity contribution >= 4 is 52.3 Å². The number of hydrogen-bond acceptors (Lipinski definition) is 5. The van der Waals surface area contributed by atoms with Gasteiger partial charge in [-0.2, -0.15) is 5.10 Å². The fourth-order valence-corrected chi connectivity index (χ4v) is 3.66. The van der Waals surface area contributed by atoms with Crippen LogP contribution < -0.4 is 15.4 Å². The van der Waals surface area contributed by atoms with E-state index in [0.717, 1.165) is 6.42 Å². The van der Waals surface area contributed by atoms with E-state index in [1.54, 1.807) is 16.9 Å². The highest BCUT2D eigenvalue weighted by Crippen LogP contribution is 2.36. The summed E-state index contributed by atoms with van der Waals surface area (Å²) in [5.41, 5.74) is 0.426. The van der Waals surface area contributed by atoms with Crippen LogP contribution in [0.25, 0.3) is 0 Å². The quantitative estimate of drug-likeness (QED) is 0.409. The molecule has 2 amide bonds. The first-order chi connectivity index (χ1) is 15.3. The predicted octanol–water partition coefficient (Wildman–Crippen LogP) is 5.43. The van der Waals surface area contributed by atoms with E-state index < -0.39 is 5.91 Å². The van der Waals surface area contributed by atoms with Gasteiger partial charge in [0, 0.05) is 24.3 Å². The molecule has 170 valence electrons. The van der Waals surface area contributed by atoms with Crippen LogP contribution in [0.15, 0.2) is 34.9 Å². The highest BCUT2D eigenvalue weighted by atomic mass is 35.5. The van der Waals surface area contributed by atoms with Crippen LogP contribution in [-0.2, 0) is 13.2 Å². The summed E-state index contributed by atoms with van der Waals surface area (Å²) in [4.78, 5) is 25.0. The van der Waals surface area contributed by atoms with E-state index in [-0.39, 0.29) is 39.8 Å². The highest BCUT2D eigenvalue weighted by Gasteiger charge is 2.20. The van der Waals surface area contributed by atoms with E-state index >= 15 is 0 Å². The van der Waals surface area contributed by atoms with E-state index in [2.05, 4.69) is 15.7 Å². The predicted molar refractivity (Wildman–Crippen MR) is 123 cm³/mol. The molecular weight excluding hydrogens is 479 g/mol. The maximum absolute atomic E-state index is 12.7. The number of carbonyl (C=O) groups is 2. The zero-order chi connectivity index (χ0) is 23.3. The molecule has 3 rings (SSSR count). The van der Waals surface area contributed by atoms with Gasteiger partial charge in [0.2, 0.25) is 0 Å². The SMILES string of the molecule is CCCNC(=O)c1nn(CC)cc1NC(=O)c1ccc(COc2c(Cl)cc(Cl)cc2Cl)o1. The molecule has 2 heterocycles. The number of benzene rings is 1. The Hall–Kier alpha value is -2.68. The minimum absolute atomic E-state index is 0.00715. The number of anilines is 1. The molecule has 8 nitrogen and oxygen atoms in total. The first-order valence-electron chi connectivity index (χ1n) is 9.85. The Morgan fingerprint density at radius 2 is 1.84 bits per heavy atom. The normalized spacial score (nSPS) is 10.8. The maximum Gasteiger partial charge on any atom is 0.291 e. The smallest absolute Gasteiger partial charge is 0.291 e. The lowest BCUT2D eigenvalue weighted by molar-refractivity contribution is 0.0948. The van der Waals surface area contributed by atoms with Crippen LogP contribution in [0.2, 0.25) is 15.1 Å². The molecule has 0 saturated carbocycles. The summed E-state index contributed by atoms with van der Waals surface area (Å²) in [6.45, 7) is 4.87. The molecule has 0 bridgehead atoms. The fourth-order valence-electron chi connectivity index (χ4n) is 2.74. The molecule has 2 N–H and O–H groups in total. The Labute approximate surface area is 199 Å². The number of nitrogens with one attached hydrogen (secondary N) is 2. The lowest BCUT2D eigenvalue weighted by Crippen LogP contribution is -2.26. The molecule has 3 aromatic rings. The number of furan rings is 1. The van der Waals surface area contributed by atoms with Crippen LogP contribution in [0.3, 0.4) is 0 Å². The van der Waals surface area contributed by atoms with Crippen LogP contribution in [0.4, 0.5) is 5.69 Å². The van der Waals surface area contributed by atoms with Crippen LogP contribution in [-0.4, -0.2) is 28.1 Å². The molecule has 0 unspecified atom stereocenters. The molecule has 0 fully saturated rings. The number of nitrogens with zero attached hydrogens (tertiary/aromatic N) is 2. The lowest BCUT2D eigenvalue weighted by atomic mass is 10.3. The summed E-state index contributed by atoms with van der Waals surface area (Å²) in [5.74, 6) is -0.211. The zero-order valence-corrected chi connectivity index (χ0v) is 19.6. The molecule has 0 aliphatic heterocycles. The summed E-state index contributed by atoms with van der Waals surface area (Å²) in [6.07, 6.45) is 2.38. The number of aromatic nitrogens is 2. The van der Waals surface area contributed by atoms with Gasteiger partial charge < -0.3 is 19.8 Å². The van der Waals surface area contributed by atoms with E-state index in [0.29, 0.717) is 29.6 Å². The Morgan fingerprint density at radius 3 is 2.50 bits per heavy atom. The molecule has 0 aliphatic rings. The van der Waals surface area contributed by atoms with Crippen molar-refractivity contribution in [2.24, 2.45) is 0 Å². The van der Waals surface area contributed by atoms with Gasteiger partial charge in [-0.1, -0.05) is 41.7 Å². The zero-order valence-electron chi connectivity index (χ0n) is 17.4. The second-order valence-corrected chi connectivity index (χ2v) is 7.96. The van der Waals surface area contributed by atoms with Crippen molar-refractivity contribution in [2.75, 3.05) is 11.9 Å². The van der Waals surface area contributed by atoms with Crippen molar-refractivity contribution < 1.29 is 18.7 Å². The third-order valence-electron chi connectivity index (χ3n) is 4.29. The number of aryl methyl sites for hydroxylation is 1. The lowest BCUT2D eigenvalue weighted by Gasteiger charge is -2.09. The highest BCUT2D eigenvalue weighted by molar-refractivity contribution is 6.40. The molecule has 11 heteroatoms. The van der Waals surface area contributed by atoms with E-state index in [1.807, 2.05) is 13.8 Å². The van der Waals surface area contributed by atoms with Crippen LogP contribution >= 0.6 is 34.8 Å². The minimum Gasteiger partial charge on any atom is -0.483 e. The standard InChI is InChI=1S/C21H21Cl3N4O4/c1-3-7-25-21(30)18-16(10-28(4-2)27-18)26-20(29)17-6-5-13(32-17)11-31-19-14(23)8-12(22)9-15(19)24/h5-6,8-10H,3-4,7,11H2,1-2H3,(H,25,30)(H,26,29). The van der Waals surface area contributed by atoms with Crippen molar-refractivity contribution in [3.63, 3.8) is 0 Å². The Morgan fingerprint density at radius 1 is 1.12 bits per heavy atom. The van der Waals surface area contributed by atoms with Gasteiger partial charge in [-0.25, -0.2) is 0 Å². The Bertz CT molecular complexity index is 1100. The van der Waals surface area contributed by atoms with Gasteiger partial charge in [-0.05, 0) is 37.6 Å². The fraction of sp³-hybridized carbons (Fsp3) is 0.286. The second-order valence-electron chi connectivity index (χ2n) is 6.71. The number of hydrogen-bond donors (Lipinski definition) is 2. The van der Waals surface area contributed by atoms with Crippen molar-refractivity contribution in [2.45, 2.75) is 33.4 Å². The summed E-state index contributed by atoms with van der Waals surface area (Å²) >= 11 is 18.1. The van der Waals surface area contributed by atoms with Gasteiger partial charge in [-0.15, -0.1) is 0 Å². The van der Waals surface area contributed by atoms with Crippen molar-refractivity contribution in [3.05, 3.63) is 62.7 Å². The average Bonchev–Trinajstić information content (AvgIpc) is 3.38. The van der Waals surface area contributed by atoms with E-state index in [1.165, 1.54) is 18.2 Å². The maximum atomic E-state index is 12.7. The molecule has 0 spiro atoms. The Kier molecular flexibility index (Phi) is 8.06. The minimum atomic E-state index is -0.529. The Balaban J connectivity index is 1.69. The summed E-state index contributed by atoms with van der Waals surface area (Å²) < 4.78 is 12.7. The number of rotatable bonds is 9. The number of amides is 2. The average molecular weight is 500 g/mol. The van der Waals surface area contributed by atoms with Crippen LogP contribution in [0, 0.1) is 0 Å². The first kappa shape index (κ1) is 24.0. The number of halogens is 3. The van der Waals surface area contributed by atoms with Crippen molar-refractivity contribution in [3.8, 4) is 5.75 Å². The first-order valence-corrected chi connectivity index (χ1v) is 11.0. The van der Waals surface area contributed by atoms with Gasteiger partial charge in [-0.3, -0.25) is 14.3 Å². The molecule has 0 saturated heterocycles. The molecule has 0 radical (unpaired) electrons. The summed E-state index contributed by atoms with van der Waals surface area (Å²) in [5, 5.41) is 10.6. The monoisotopic (exact) mass is 498 g/mol. The third-order valence-corrected chi connectivity index (χ3v) is 5.07. The van der Waals surface area contributed by atoms with E-state index in [4.69, 9.17) is 44.0 Å².